The number of nitrogens with one attached hydrogen (secondary N) is 1. The first kappa shape index (κ1) is 21.4. The van der Waals surface area contributed by atoms with E-state index in [0.29, 0.717) is 35.9 Å². The van der Waals surface area contributed by atoms with E-state index in [1.54, 1.807) is 6.92 Å². The lowest BCUT2D eigenvalue weighted by Gasteiger charge is -2.37. The maximum Gasteiger partial charge on any atom is 0.410 e. The number of nitrogens with zero attached hydrogens (tertiary/aromatic N) is 6. The zero-order valence-electron chi connectivity index (χ0n) is 18.7. The molecule has 1 aromatic carbocycles. The fraction of sp³-hybridized carbons (Fsp3) is 0.565. The Balaban J connectivity index is 1.26. The van der Waals surface area contributed by atoms with Crippen molar-refractivity contribution in [2.75, 3.05) is 23.3 Å². The van der Waals surface area contributed by atoms with Crippen LogP contribution in [0.5, 0.6) is 0 Å². The minimum absolute atomic E-state index is 0.00784. The molecule has 0 radical (unpaired) electrons. The first-order chi connectivity index (χ1) is 16.4. The van der Waals surface area contributed by atoms with Gasteiger partial charge in [-0.15, -0.1) is 5.10 Å². The van der Waals surface area contributed by atoms with Crippen LogP contribution in [-0.2, 0) is 0 Å². The van der Waals surface area contributed by atoms with Gasteiger partial charge in [-0.2, -0.15) is 23.1 Å². The molecule has 1 saturated heterocycles. The molecule has 6 rings (SSSR count). The van der Waals surface area contributed by atoms with Crippen LogP contribution in [0.1, 0.15) is 54.9 Å². The van der Waals surface area contributed by atoms with E-state index in [9.17, 15) is 13.2 Å². The second kappa shape index (κ2) is 7.99. The molecule has 1 N–H and O–H groups in total. The standard InChI is InChI=1S/C23H26F3N7O/c1-13-27-22(34-31-13)32-11-15-7-8-16(12-32)19(15)28-21-29-20-17(14-5-3-2-4-6-14)9-10-18(23(24,25)26)33(20)30-21/h2-6,15-19H,7-12H2,1H3,(H,28,30)/t15-,16+,17?,18?,19?. The zero-order chi connectivity index (χ0) is 23.4. The van der Waals surface area contributed by atoms with Crippen molar-refractivity contribution in [2.45, 2.75) is 56.8 Å². The fourth-order valence-electron chi connectivity index (χ4n) is 5.92. The molecule has 1 aliphatic carbocycles. The van der Waals surface area contributed by atoms with Crippen molar-refractivity contribution in [1.82, 2.24) is 24.9 Å². The number of benzene rings is 1. The van der Waals surface area contributed by atoms with Crippen molar-refractivity contribution in [3.63, 3.8) is 0 Å². The maximum atomic E-state index is 13.8. The number of hydrogen-bond acceptors (Lipinski definition) is 7. The monoisotopic (exact) mass is 473 g/mol. The van der Waals surface area contributed by atoms with E-state index in [0.717, 1.165) is 36.2 Å². The Morgan fingerprint density at radius 2 is 1.74 bits per heavy atom. The number of aryl methyl sites for hydroxylation is 1. The van der Waals surface area contributed by atoms with E-state index < -0.39 is 12.2 Å². The Morgan fingerprint density at radius 3 is 2.38 bits per heavy atom. The summed E-state index contributed by atoms with van der Waals surface area (Å²) in [6.07, 6.45) is -1.94. The summed E-state index contributed by atoms with van der Waals surface area (Å²) < 4.78 is 47.9. The summed E-state index contributed by atoms with van der Waals surface area (Å²) in [4.78, 5) is 11.1. The number of piperidine rings is 1. The summed E-state index contributed by atoms with van der Waals surface area (Å²) >= 11 is 0. The highest BCUT2D eigenvalue weighted by Gasteiger charge is 2.48. The van der Waals surface area contributed by atoms with E-state index in [2.05, 4.69) is 30.4 Å². The van der Waals surface area contributed by atoms with Gasteiger partial charge in [0, 0.05) is 25.0 Å². The Labute approximate surface area is 194 Å². The van der Waals surface area contributed by atoms with Crippen molar-refractivity contribution in [3.05, 3.63) is 47.5 Å². The van der Waals surface area contributed by atoms with Crippen LogP contribution in [-0.4, -0.2) is 50.2 Å². The minimum atomic E-state index is -4.37. The summed E-state index contributed by atoms with van der Waals surface area (Å²) in [7, 11) is 0. The molecule has 34 heavy (non-hydrogen) atoms. The fourth-order valence-corrected chi connectivity index (χ4v) is 5.92. The first-order valence-electron chi connectivity index (χ1n) is 11.8. The van der Waals surface area contributed by atoms with Crippen molar-refractivity contribution in [1.29, 1.82) is 0 Å². The molecule has 180 valence electrons. The summed E-state index contributed by atoms with van der Waals surface area (Å²) in [5.74, 6) is 1.67. The second-order valence-corrected chi connectivity index (χ2v) is 9.63. The number of fused-ring (bicyclic) bond motifs is 3. The van der Waals surface area contributed by atoms with E-state index in [1.165, 1.54) is 0 Å². The SMILES string of the molecule is Cc1noc(N2C[C@H]3CC[C@@H](C2)C3Nc2nc3n(n2)C(C(F)(F)F)CCC3c2ccccc2)n1. The molecule has 2 aliphatic heterocycles. The molecule has 4 heterocycles. The number of aromatic nitrogens is 5. The predicted molar refractivity (Wildman–Crippen MR) is 118 cm³/mol. The van der Waals surface area contributed by atoms with Gasteiger partial charge in [-0.1, -0.05) is 35.5 Å². The van der Waals surface area contributed by atoms with Crippen molar-refractivity contribution in [2.24, 2.45) is 11.8 Å². The molecule has 0 spiro atoms. The Hall–Kier alpha value is -3.11. The highest BCUT2D eigenvalue weighted by Crippen LogP contribution is 2.45. The van der Waals surface area contributed by atoms with Gasteiger partial charge in [0.25, 0.3) is 0 Å². The third-order valence-corrected chi connectivity index (χ3v) is 7.49. The number of anilines is 2. The lowest BCUT2D eigenvalue weighted by molar-refractivity contribution is -0.175. The Bertz CT molecular complexity index is 1150. The molecule has 5 atom stereocenters. The third-order valence-electron chi connectivity index (χ3n) is 7.49. The predicted octanol–water partition coefficient (Wildman–Crippen LogP) is 4.33. The van der Waals surface area contributed by atoms with Crippen molar-refractivity contribution < 1.29 is 17.7 Å². The third kappa shape index (κ3) is 3.70. The molecular weight excluding hydrogens is 447 g/mol. The minimum Gasteiger partial charge on any atom is -0.350 e. The maximum absolute atomic E-state index is 13.8. The number of hydrogen-bond donors (Lipinski definition) is 1. The van der Waals surface area contributed by atoms with Crippen LogP contribution in [0.15, 0.2) is 34.9 Å². The molecule has 3 aliphatic rings. The number of alkyl halides is 3. The Kier molecular flexibility index (Phi) is 5.03. The van der Waals surface area contributed by atoms with Gasteiger partial charge in [0.15, 0.2) is 5.82 Å². The summed E-state index contributed by atoms with van der Waals surface area (Å²) in [5, 5.41) is 11.7. The molecule has 11 heteroatoms. The lowest BCUT2D eigenvalue weighted by atomic mass is 9.88. The topological polar surface area (TPSA) is 84.9 Å². The first-order valence-corrected chi connectivity index (χ1v) is 11.8. The van der Waals surface area contributed by atoms with E-state index in [4.69, 9.17) is 4.52 Å². The largest absolute Gasteiger partial charge is 0.410 e. The quantitative estimate of drug-likeness (QED) is 0.604. The van der Waals surface area contributed by atoms with Gasteiger partial charge in [0.1, 0.15) is 11.9 Å². The van der Waals surface area contributed by atoms with Gasteiger partial charge in [0.2, 0.25) is 5.95 Å². The van der Waals surface area contributed by atoms with E-state index in [1.807, 2.05) is 30.3 Å². The van der Waals surface area contributed by atoms with Crippen molar-refractivity contribution in [3.8, 4) is 0 Å². The van der Waals surface area contributed by atoms with Crippen LogP contribution in [0.4, 0.5) is 25.1 Å². The normalized spacial score (nSPS) is 28.7. The average molecular weight is 474 g/mol. The summed E-state index contributed by atoms with van der Waals surface area (Å²) in [6.45, 7) is 3.29. The molecule has 8 nitrogen and oxygen atoms in total. The van der Waals surface area contributed by atoms with E-state index >= 15 is 0 Å². The van der Waals surface area contributed by atoms with Crippen LogP contribution < -0.4 is 10.2 Å². The van der Waals surface area contributed by atoms with E-state index in [-0.39, 0.29) is 24.3 Å². The molecular formula is C23H26F3N7O. The summed E-state index contributed by atoms with van der Waals surface area (Å²) in [6, 6.07) is 8.58. The lowest BCUT2D eigenvalue weighted by Crippen LogP contribution is -2.48. The molecule has 0 amide bonds. The van der Waals surface area contributed by atoms with Gasteiger partial charge in [0.05, 0.1) is 0 Å². The van der Waals surface area contributed by atoms with Crippen molar-refractivity contribution >= 4 is 12.0 Å². The smallest absolute Gasteiger partial charge is 0.350 e. The van der Waals surface area contributed by atoms with Gasteiger partial charge in [-0.25, -0.2) is 4.68 Å². The van der Waals surface area contributed by atoms with Crippen LogP contribution in [0.25, 0.3) is 0 Å². The zero-order valence-corrected chi connectivity index (χ0v) is 18.7. The average Bonchev–Trinajstić information content (AvgIpc) is 3.48. The van der Waals surface area contributed by atoms with Crippen LogP contribution in [0.2, 0.25) is 0 Å². The molecule has 2 aromatic heterocycles. The van der Waals surface area contributed by atoms with Crippen LogP contribution >= 0.6 is 0 Å². The molecule has 3 aromatic rings. The highest BCUT2D eigenvalue weighted by molar-refractivity contribution is 5.36. The van der Waals surface area contributed by atoms with Gasteiger partial charge in [-0.05, 0) is 50.0 Å². The highest BCUT2D eigenvalue weighted by atomic mass is 19.4. The van der Waals surface area contributed by atoms with Gasteiger partial charge in [-0.3, -0.25) is 0 Å². The molecule has 2 fully saturated rings. The van der Waals surface area contributed by atoms with Crippen LogP contribution in [0, 0.1) is 18.8 Å². The summed E-state index contributed by atoms with van der Waals surface area (Å²) in [5.41, 5.74) is 0.964. The van der Waals surface area contributed by atoms with Crippen LogP contribution in [0.3, 0.4) is 0 Å². The number of halogens is 3. The Morgan fingerprint density at radius 1 is 1.00 bits per heavy atom. The second-order valence-electron chi connectivity index (χ2n) is 9.63. The molecule has 2 bridgehead atoms. The van der Waals surface area contributed by atoms with Gasteiger partial charge >= 0.3 is 12.2 Å². The molecule has 1 saturated carbocycles. The number of rotatable bonds is 4. The van der Waals surface area contributed by atoms with Gasteiger partial charge < -0.3 is 14.7 Å². The molecule has 3 unspecified atom stereocenters.